The van der Waals surface area contributed by atoms with Crippen LogP contribution in [0, 0.1) is 6.42 Å². The van der Waals surface area contributed by atoms with E-state index >= 15 is 0 Å². The fourth-order valence-electron chi connectivity index (χ4n) is 0.136. The Bertz CT molecular complexity index is 23.1. The molecule has 0 heterocycles. The monoisotopic (exact) mass is 103 g/mol. The lowest BCUT2D eigenvalue weighted by molar-refractivity contribution is 1.12. The summed E-state index contributed by atoms with van der Waals surface area (Å²) in [7, 11) is 0. The minimum Gasteiger partial charge on any atom is -0.162 e. The van der Waals surface area contributed by atoms with Crippen LogP contribution in [-0.4, -0.2) is 11.5 Å². The van der Waals surface area contributed by atoms with Crippen molar-refractivity contribution in [3.63, 3.8) is 0 Å². The van der Waals surface area contributed by atoms with Gasteiger partial charge in [0.05, 0.1) is 0 Å². The molecule has 0 amide bonds. The topological polar surface area (TPSA) is 0 Å². The Morgan fingerprint density at radius 2 is 2.17 bits per heavy atom. The Labute approximate surface area is 44.3 Å². The predicted octanol–water partition coefficient (Wildman–Crippen LogP) is 1.96. The van der Waals surface area contributed by atoms with Gasteiger partial charge < -0.3 is 0 Å². The van der Waals surface area contributed by atoms with Crippen molar-refractivity contribution in [1.82, 2.24) is 0 Å². The lowest BCUT2D eigenvalue weighted by atomic mass is 10.4. The zero-order chi connectivity index (χ0) is 4.99. The Hall–Kier alpha value is 0.350. The van der Waals surface area contributed by atoms with Gasteiger partial charge in [0.1, 0.15) is 0 Å². The van der Waals surface area contributed by atoms with Crippen LogP contribution in [0.3, 0.4) is 0 Å². The molecule has 0 aliphatic heterocycles. The molecule has 1 unspecified atom stereocenters. The van der Waals surface area contributed by atoms with Crippen LogP contribution in [0.1, 0.15) is 13.8 Å². The third kappa shape index (κ3) is 2.58. The fraction of sp³-hybridized carbons (Fsp3) is 0.800. The SMILES string of the molecule is C[CH]C(C)SC. The summed E-state index contributed by atoms with van der Waals surface area (Å²) in [5.74, 6) is 0. The molecule has 0 N–H and O–H groups in total. The number of hydrogen-bond acceptors (Lipinski definition) is 1. The summed E-state index contributed by atoms with van der Waals surface area (Å²) in [6, 6.07) is 0. The first-order valence-corrected chi connectivity index (χ1v) is 3.42. The van der Waals surface area contributed by atoms with Crippen LogP contribution >= 0.6 is 11.8 Å². The predicted molar refractivity (Wildman–Crippen MR) is 33.0 cm³/mol. The van der Waals surface area contributed by atoms with Crippen molar-refractivity contribution in [2.24, 2.45) is 0 Å². The van der Waals surface area contributed by atoms with Gasteiger partial charge in [-0.15, -0.1) is 0 Å². The van der Waals surface area contributed by atoms with E-state index < -0.39 is 0 Å². The van der Waals surface area contributed by atoms with Gasteiger partial charge in [0.15, 0.2) is 0 Å². The maximum absolute atomic E-state index is 2.19. The lowest BCUT2D eigenvalue weighted by Crippen LogP contribution is -1.89. The first kappa shape index (κ1) is 6.35. The summed E-state index contributed by atoms with van der Waals surface area (Å²) in [5, 5.41) is 0.727. The van der Waals surface area contributed by atoms with Crippen LogP contribution in [0.5, 0.6) is 0 Å². The average Bonchev–Trinajstić information content (AvgIpc) is 1.65. The molecular formula is C5H11S. The standard InChI is InChI=1S/C5H11S/c1-4-5(2)6-3/h4-5H,1-3H3. The van der Waals surface area contributed by atoms with Crippen LogP contribution in [0.2, 0.25) is 0 Å². The van der Waals surface area contributed by atoms with Gasteiger partial charge in [0.25, 0.3) is 0 Å². The van der Waals surface area contributed by atoms with Crippen molar-refractivity contribution in [2.45, 2.75) is 19.1 Å². The van der Waals surface area contributed by atoms with Crippen molar-refractivity contribution < 1.29 is 0 Å². The van der Waals surface area contributed by atoms with Crippen LogP contribution in [0.4, 0.5) is 0 Å². The third-order valence-corrected chi connectivity index (χ3v) is 1.86. The fourth-order valence-corrected chi connectivity index (χ4v) is 0.408. The molecule has 0 aromatic heterocycles. The molecule has 0 nitrogen and oxygen atoms in total. The van der Waals surface area contributed by atoms with Crippen LogP contribution in [0.25, 0.3) is 0 Å². The van der Waals surface area contributed by atoms with Gasteiger partial charge in [-0.05, 0) is 12.7 Å². The highest BCUT2D eigenvalue weighted by Crippen LogP contribution is 2.05. The van der Waals surface area contributed by atoms with E-state index in [1.807, 2.05) is 11.8 Å². The molecule has 0 fully saturated rings. The summed E-state index contributed by atoms with van der Waals surface area (Å²) in [6.07, 6.45) is 4.30. The molecule has 0 rings (SSSR count). The van der Waals surface area contributed by atoms with Crippen molar-refractivity contribution in [2.75, 3.05) is 6.26 Å². The second-order valence-electron chi connectivity index (χ2n) is 1.27. The van der Waals surface area contributed by atoms with Gasteiger partial charge in [0, 0.05) is 5.25 Å². The molecule has 0 bridgehead atoms. The van der Waals surface area contributed by atoms with Crippen molar-refractivity contribution in [1.29, 1.82) is 0 Å². The van der Waals surface area contributed by atoms with Gasteiger partial charge in [-0.1, -0.05) is 13.8 Å². The van der Waals surface area contributed by atoms with E-state index in [1.165, 1.54) is 0 Å². The van der Waals surface area contributed by atoms with Gasteiger partial charge in [0.2, 0.25) is 0 Å². The molecule has 0 spiro atoms. The maximum atomic E-state index is 2.19. The summed E-state index contributed by atoms with van der Waals surface area (Å²) in [5.41, 5.74) is 0. The van der Waals surface area contributed by atoms with Crippen LogP contribution < -0.4 is 0 Å². The first-order valence-electron chi connectivity index (χ1n) is 2.13. The Morgan fingerprint density at radius 1 is 1.67 bits per heavy atom. The second kappa shape index (κ2) is 3.54. The molecule has 1 heteroatoms. The average molecular weight is 103 g/mol. The normalized spacial score (nSPS) is 14.5. The summed E-state index contributed by atoms with van der Waals surface area (Å²) >= 11 is 1.87. The van der Waals surface area contributed by atoms with Crippen LogP contribution in [-0.2, 0) is 0 Å². The first-order chi connectivity index (χ1) is 2.81. The lowest BCUT2D eigenvalue weighted by Gasteiger charge is -1.98. The highest BCUT2D eigenvalue weighted by Gasteiger charge is 1.89. The van der Waals surface area contributed by atoms with E-state index in [9.17, 15) is 0 Å². The maximum Gasteiger partial charge on any atom is 0.00445 e. The molecule has 37 valence electrons. The van der Waals surface area contributed by atoms with E-state index in [4.69, 9.17) is 0 Å². The van der Waals surface area contributed by atoms with Gasteiger partial charge in [-0.25, -0.2) is 0 Å². The largest absolute Gasteiger partial charge is 0.162 e. The van der Waals surface area contributed by atoms with Crippen molar-refractivity contribution in [3.05, 3.63) is 6.42 Å². The number of rotatable bonds is 2. The molecule has 6 heavy (non-hydrogen) atoms. The van der Waals surface area contributed by atoms with Crippen molar-refractivity contribution >= 4 is 11.8 Å². The zero-order valence-corrected chi connectivity index (χ0v) is 5.38. The second-order valence-corrected chi connectivity index (χ2v) is 2.49. The Morgan fingerprint density at radius 3 is 2.17 bits per heavy atom. The zero-order valence-electron chi connectivity index (χ0n) is 4.56. The highest BCUT2D eigenvalue weighted by atomic mass is 32.2. The molecule has 0 aromatic carbocycles. The minimum absolute atomic E-state index is 0.727. The summed E-state index contributed by atoms with van der Waals surface area (Å²) in [4.78, 5) is 0. The molecule has 1 radical (unpaired) electrons. The molecule has 1 atom stereocenters. The number of hydrogen-bond donors (Lipinski definition) is 0. The van der Waals surface area contributed by atoms with Crippen molar-refractivity contribution in [3.8, 4) is 0 Å². The van der Waals surface area contributed by atoms with Crippen LogP contribution in [0.15, 0.2) is 0 Å². The van der Waals surface area contributed by atoms with E-state index in [2.05, 4.69) is 26.5 Å². The van der Waals surface area contributed by atoms with E-state index in [1.54, 1.807) is 0 Å². The molecule has 0 aromatic rings. The van der Waals surface area contributed by atoms with Gasteiger partial charge in [-0.3, -0.25) is 0 Å². The van der Waals surface area contributed by atoms with E-state index in [0.717, 1.165) is 5.25 Å². The summed E-state index contributed by atoms with van der Waals surface area (Å²) < 4.78 is 0. The molecule has 0 aliphatic rings. The van der Waals surface area contributed by atoms with E-state index in [-0.39, 0.29) is 0 Å². The van der Waals surface area contributed by atoms with E-state index in [0.29, 0.717) is 0 Å². The highest BCUT2D eigenvalue weighted by molar-refractivity contribution is 7.99. The molecule has 0 aliphatic carbocycles. The Kier molecular flexibility index (Phi) is 3.74. The van der Waals surface area contributed by atoms with Gasteiger partial charge >= 0.3 is 0 Å². The molecular weight excluding hydrogens is 92.1 g/mol. The quantitative estimate of drug-likeness (QED) is 0.515. The molecule has 0 saturated heterocycles. The summed E-state index contributed by atoms with van der Waals surface area (Å²) in [6.45, 7) is 4.27. The molecule has 0 saturated carbocycles. The third-order valence-electron chi connectivity index (χ3n) is 0.841. The minimum atomic E-state index is 0.727. The van der Waals surface area contributed by atoms with Gasteiger partial charge in [-0.2, -0.15) is 11.8 Å². The smallest absolute Gasteiger partial charge is 0.00445 e. The number of thioether (sulfide) groups is 1. The Balaban J connectivity index is 2.75.